The van der Waals surface area contributed by atoms with E-state index in [4.69, 9.17) is 0 Å². The lowest BCUT2D eigenvalue weighted by molar-refractivity contribution is 0.790. The summed E-state index contributed by atoms with van der Waals surface area (Å²) < 4.78 is 1.93. The zero-order chi connectivity index (χ0) is 15.0. The van der Waals surface area contributed by atoms with Crippen LogP contribution in [0.2, 0.25) is 0 Å². The number of aromatic amines is 1. The van der Waals surface area contributed by atoms with Crippen molar-refractivity contribution in [1.29, 1.82) is 0 Å². The maximum absolute atomic E-state index is 11.3. The monoisotopic (exact) mass is 294 g/mol. The number of nitrogens with one attached hydrogen (secondary N) is 1. The van der Waals surface area contributed by atoms with Crippen molar-refractivity contribution in [3.8, 4) is 11.4 Å². The molecule has 0 fully saturated rings. The minimum atomic E-state index is -0.129. The number of nitrogens with zero attached hydrogens (tertiary/aromatic N) is 3. The first-order chi connectivity index (χ1) is 9.72. The van der Waals surface area contributed by atoms with Crippen molar-refractivity contribution < 1.29 is 0 Å². The Morgan fingerprint density at radius 1 is 1.35 bits per heavy atom. The van der Waals surface area contributed by atoms with Crippen LogP contribution in [0.1, 0.15) is 33.6 Å². The second kappa shape index (κ2) is 8.58. The van der Waals surface area contributed by atoms with Gasteiger partial charge in [0.2, 0.25) is 5.56 Å². The van der Waals surface area contributed by atoms with Crippen LogP contribution in [0.25, 0.3) is 11.4 Å². The average Bonchev–Trinajstić information content (AvgIpc) is 2.83. The Labute approximate surface area is 123 Å². The van der Waals surface area contributed by atoms with Crippen molar-refractivity contribution in [2.45, 2.75) is 38.8 Å². The zero-order valence-electron chi connectivity index (χ0n) is 12.5. The Morgan fingerprint density at radius 3 is 2.75 bits per heavy atom. The third-order valence-corrected chi connectivity index (χ3v) is 3.70. The number of hydrogen-bond donors (Lipinski definition) is 1. The molecule has 0 atom stereocenters. The summed E-state index contributed by atoms with van der Waals surface area (Å²) in [4.78, 5) is 13.9. The molecule has 2 aromatic heterocycles. The molecular formula is C14H22N4OS. The van der Waals surface area contributed by atoms with Gasteiger partial charge in [-0.3, -0.25) is 4.79 Å². The summed E-state index contributed by atoms with van der Waals surface area (Å²) >= 11 is 1.69. The highest BCUT2D eigenvalue weighted by Crippen LogP contribution is 2.22. The van der Waals surface area contributed by atoms with Gasteiger partial charge in [-0.1, -0.05) is 39.0 Å². The van der Waals surface area contributed by atoms with Gasteiger partial charge in [-0.25, -0.2) is 0 Å². The molecule has 0 aliphatic rings. The molecular weight excluding hydrogens is 272 g/mol. The molecule has 2 heterocycles. The molecule has 0 unspecified atom stereocenters. The van der Waals surface area contributed by atoms with Crippen molar-refractivity contribution >= 4 is 11.8 Å². The van der Waals surface area contributed by atoms with Crippen molar-refractivity contribution in [3.05, 3.63) is 28.7 Å². The third kappa shape index (κ3) is 4.23. The normalized spacial score (nSPS) is 10.0. The number of H-pyrrole nitrogens is 1. The van der Waals surface area contributed by atoms with Crippen LogP contribution in [0.3, 0.4) is 0 Å². The van der Waals surface area contributed by atoms with E-state index in [9.17, 15) is 4.79 Å². The van der Waals surface area contributed by atoms with E-state index >= 15 is 0 Å². The quantitative estimate of drug-likeness (QED) is 0.680. The molecule has 6 heteroatoms. The molecule has 5 nitrogen and oxygen atoms in total. The molecule has 0 saturated heterocycles. The number of rotatable bonds is 5. The van der Waals surface area contributed by atoms with E-state index in [2.05, 4.69) is 22.1 Å². The van der Waals surface area contributed by atoms with Crippen molar-refractivity contribution in [3.63, 3.8) is 0 Å². The van der Waals surface area contributed by atoms with Crippen LogP contribution in [-0.2, 0) is 7.05 Å². The van der Waals surface area contributed by atoms with Gasteiger partial charge in [0.25, 0.3) is 0 Å². The Balaban J connectivity index is 0.000000956. The SMILES string of the molecule is CC.CCCCSc1nnc(-c2cc[nH]c(=O)c2)n1C. The van der Waals surface area contributed by atoms with Gasteiger partial charge in [-0.05, 0) is 12.5 Å². The van der Waals surface area contributed by atoms with E-state index in [1.54, 1.807) is 18.0 Å². The summed E-state index contributed by atoms with van der Waals surface area (Å²) in [5.41, 5.74) is 0.659. The van der Waals surface area contributed by atoms with Gasteiger partial charge in [0.15, 0.2) is 11.0 Å². The largest absolute Gasteiger partial charge is 0.329 e. The van der Waals surface area contributed by atoms with E-state index in [1.807, 2.05) is 31.5 Å². The second-order valence-corrected chi connectivity index (χ2v) is 5.07. The third-order valence-electron chi connectivity index (χ3n) is 2.60. The van der Waals surface area contributed by atoms with Gasteiger partial charge in [0, 0.05) is 30.6 Å². The molecule has 0 aliphatic carbocycles. The van der Waals surface area contributed by atoms with Crippen LogP contribution in [0.15, 0.2) is 28.3 Å². The molecule has 2 rings (SSSR count). The van der Waals surface area contributed by atoms with Gasteiger partial charge in [-0.15, -0.1) is 10.2 Å². The highest BCUT2D eigenvalue weighted by molar-refractivity contribution is 7.99. The molecule has 0 bridgehead atoms. The fourth-order valence-electron chi connectivity index (χ4n) is 1.58. The van der Waals surface area contributed by atoms with Crippen LogP contribution in [-0.4, -0.2) is 25.5 Å². The number of thioether (sulfide) groups is 1. The molecule has 0 aliphatic heterocycles. The van der Waals surface area contributed by atoms with Gasteiger partial charge in [0.1, 0.15) is 0 Å². The summed E-state index contributed by atoms with van der Waals surface area (Å²) in [6.45, 7) is 6.17. The van der Waals surface area contributed by atoms with E-state index in [1.165, 1.54) is 12.5 Å². The molecule has 110 valence electrons. The lowest BCUT2D eigenvalue weighted by Crippen LogP contribution is -2.04. The summed E-state index contributed by atoms with van der Waals surface area (Å²) in [5, 5.41) is 9.19. The molecule has 0 amide bonds. The van der Waals surface area contributed by atoms with Crippen LogP contribution in [0.5, 0.6) is 0 Å². The number of unbranched alkanes of at least 4 members (excludes halogenated alkanes) is 1. The standard InChI is InChI=1S/C12H16N4OS.C2H6/c1-3-4-7-18-12-15-14-11(16(12)2)9-5-6-13-10(17)8-9;1-2/h5-6,8H,3-4,7H2,1-2H3,(H,13,17);1-2H3. The van der Waals surface area contributed by atoms with Crippen molar-refractivity contribution in [1.82, 2.24) is 19.7 Å². The van der Waals surface area contributed by atoms with Gasteiger partial charge >= 0.3 is 0 Å². The number of aromatic nitrogens is 4. The molecule has 0 spiro atoms. The fourth-order valence-corrected chi connectivity index (χ4v) is 2.58. The van der Waals surface area contributed by atoms with E-state index in [0.29, 0.717) is 0 Å². The van der Waals surface area contributed by atoms with Crippen LogP contribution in [0, 0.1) is 0 Å². The predicted molar refractivity (Wildman–Crippen MR) is 84.0 cm³/mol. The number of hydrogen-bond acceptors (Lipinski definition) is 4. The van der Waals surface area contributed by atoms with Gasteiger partial charge in [0.05, 0.1) is 0 Å². The molecule has 0 radical (unpaired) electrons. The highest BCUT2D eigenvalue weighted by Gasteiger charge is 2.10. The molecule has 0 saturated carbocycles. The minimum absolute atomic E-state index is 0.129. The second-order valence-electron chi connectivity index (χ2n) is 4.01. The first-order valence-corrected chi connectivity index (χ1v) is 7.92. The van der Waals surface area contributed by atoms with Crippen LogP contribution >= 0.6 is 11.8 Å². The number of pyridine rings is 1. The Morgan fingerprint density at radius 2 is 2.10 bits per heavy atom. The Bertz CT molecular complexity index is 577. The van der Waals surface area contributed by atoms with Crippen molar-refractivity contribution in [2.75, 3.05) is 5.75 Å². The lowest BCUT2D eigenvalue weighted by atomic mass is 10.2. The fraction of sp³-hybridized carbons (Fsp3) is 0.500. The van der Waals surface area contributed by atoms with Gasteiger partial charge < -0.3 is 9.55 Å². The lowest BCUT2D eigenvalue weighted by Gasteiger charge is -2.02. The minimum Gasteiger partial charge on any atom is -0.329 e. The summed E-state index contributed by atoms with van der Waals surface area (Å²) in [7, 11) is 1.92. The van der Waals surface area contributed by atoms with E-state index in [0.717, 1.165) is 28.7 Å². The van der Waals surface area contributed by atoms with Crippen LogP contribution < -0.4 is 5.56 Å². The maximum atomic E-state index is 11.3. The molecule has 2 aromatic rings. The van der Waals surface area contributed by atoms with E-state index in [-0.39, 0.29) is 5.56 Å². The first-order valence-electron chi connectivity index (χ1n) is 6.93. The maximum Gasteiger partial charge on any atom is 0.248 e. The smallest absolute Gasteiger partial charge is 0.248 e. The molecule has 20 heavy (non-hydrogen) atoms. The first kappa shape index (κ1) is 16.5. The molecule has 0 aromatic carbocycles. The zero-order valence-corrected chi connectivity index (χ0v) is 13.3. The topological polar surface area (TPSA) is 63.6 Å². The Hall–Kier alpha value is -1.56. The summed E-state index contributed by atoms with van der Waals surface area (Å²) in [6, 6.07) is 3.36. The van der Waals surface area contributed by atoms with Crippen LogP contribution in [0.4, 0.5) is 0 Å². The summed E-state index contributed by atoms with van der Waals surface area (Å²) in [6.07, 6.45) is 3.96. The van der Waals surface area contributed by atoms with Crippen molar-refractivity contribution in [2.24, 2.45) is 7.05 Å². The predicted octanol–water partition coefficient (Wildman–Crippen LogP) is 3.09. The molecule has 1 N–H and O–H groups in total. The van der Waals surface area contributed by atoms with Gasteiger partial charge in [-0.2, -0.15) is 0 Å². The summed E-state index contributed by atoms with van der Waals surface area (Å²) in [5.74, 6) is 1.76. The highest BCUT2D eigenvalue weighted by atomic mass is 32.2. The Kier molecular flexibility index (Phi) is 7.08. The average molecular weight is 294 g/mol. The van der Waals surface area contributed by atoms with E-state index < -0.39 is 0 Å².